The minimum Gasteiger partial charge on any atom is -0.306 e. The van der Waals surface area contributed by atoms with Crippen LogP contribution in [-0.2, 0) is 0 Å². The van der Waals surface area contributed by atoms with Gasteiger partial charge in [-0.2, -0.15) is 0 Å². The van der Waals surface area contributed by atoms with Gasteiger partial charge in [0.15, 0.2) is 0 Å². The summed E-state index contributed by atoms with van der Waals surface area (Å²) in [5.41, 5.74) is 1.28. The van der Waals surface area contributed by atoms with Crippen molar-refractivity contribution < 1.29 is 0 Å². The Balaban J connectivity index is 2.73. The topological polar surface area (TPSA) is 12.0 Å². The second kappa shape index (κ2) is 6.59. The first-order valence-electron chi connectivity index (χ1n) is 4.98. The van der Waals surface area contributed by atoms with Crippen LogP contribution in [0.1, 0.15) is 18.0 Å². The summed E-state index contributed by atoms with van der Waals surface area (Å²) < 4.78 is 1.10. The SMILES string of the molecule is C=CCNC(CC=C)c1ccc(Br)cc1. The van der Waals surface area contributed by atoms with Crippen LogP contribution in [0.2, 0.25) is 0 Å². The molecule has 1 nitrogen and oxygen atoms in total. The second-order valence-corrected chi connectivity index (χ2v) is 4.24. The van der Waals surface area contributed by atoms with Gasteiger partial charge in [0.25, 0.3) is 0 Å². The Morgan fingerprint density at radius 3 is 2.40 bits per heavy atom. The Bertz CT molecular complexity index is 316. The number of hydrogen-bond acceptors (Lipinski definition) is 1. The molecule has 2 heteroatoms. The van der Waals surface area contributed by atoms with E-state index in [-0.39, 0.29) is 0 Å². The normalized spacial score (nSPS) is 12.1. The van der Waals surface area contributed by atoms with Crippen molar-refractivity contribution in [3.05, 3.63) is 59.6 Å². The first-order valence-corrected chi connectivity index (χ1v) is 5.78. The third kappa shape index (κ3) is 4.02. The average molecular weight is 266 g/mol. The van der Waals surface area contributed by atoms with Gasteiger partial charge in [0.05, 0.1) is 0 Å². The molecule has 0 amide bonds. The number of hydrogen-bond donors (Lipinski definition) is 1. The van der Waals surface area contributed by atoms with Crippen molar-refractivity contribution in [2.45, 2.75) is 12.5 Å². The van der Waals surface area contributed by atoms with Crippen molar-refractivity contribution >= 4 is 15.9 Å². The molecule has 0 spiro atoms. The largest absolute Gasteiger partial charge is 0.306 e. The van der Waals surface area contributed by atoms with E-state index in [2.05, 4.69) is 58.7 Å². The molecule has 80 valence electrons. The van der Waals surface area contributed by atoms with E-state index in [0.717, 1.165) is 17.4 Å². The fourth-order valence-corrected chi connectivity index (χ4v) is 1.69. The van der Waals surface area contributed by atoms with Crippen LogP contribution in [0.4, 0.5) is 0 Å². The maximum atomic E-state index is 3.78. The van der Waals surface area contributed by atoms with Gasteiger partial charge >= 0.3 is 0 Å². The zero-order valence-electron chi connectivity index (χ0n) is 8.75. The lowest BCUT2D eigenvalue weighted by Gasteiger charge is -2.16. The summed E-state index contributed by atoms with van der Waals surface area (Å²) in [6, 6.07) is 8.68. The van der Waals surface area contributed by atoms with E-state index >= 15 is 0 Å². The van der Waals surface area contributed by atoms with Crippen LogP contribution >= 0.6 is 15.9 Å². The van der Waals surface area contributed by atoms with E-state index in [9.17, 15) is 0 Å². The quantitative estimate of drug-likeness (QED) is 0.771. The van der Waals surface area contributed by atoms with E-state index in [1.54, 1.807) is 0 Å². The Morgan fingerprint density at radius 1 is 1.20 bits per heavy atom. The fraction of sp³-hybridized carbons (Fsp3) is 0.231. The summed E-state index contributed by atoms with van der Waals surface area (Å²) >= 11 is 3.43. The van der Waals surface area contributed by atoms with Gasteiger partial charge in [-0.05, 0) is 24.1 Å². The molecule has 0 aromatic heterocycles. The van der Waals surface area contributed by atoms with E-state index in [0.29, 0.717) is 6.04 Å². The van der Waals surface area contributed by atoms with Crippen molar-refractivity contribution in [2.75, 3.05) is 6.54 Å². The van der Waals surface area contributed by atoms with Gasteiger partial charge in [0.1, 0.15) is 0 Å². The highest BCUT2D eigenvalue weighted by Gasteiger charge is 2.07. The van der Waals surface area contributed by atoms with Gasteiger partial charge in [0.2, 0.25) is 0 Å². The predicted octanol–water partition coefficient (Wildman–Crippen LogP) is 3.84. The first-order chi connectivity index (χ1) is 7.27. The third-order valence-corrected chi connectivity index (χ3v) is 2.71. The van der Waals surface area contributed by atoms with Crippen LogP contribution in [-0.4, -0.2) is 6.54 Å². The van der Waals surface area contributed by atoms with E-state index < -0.39 is 0 Å². The summed E-state index contributed by atoms with van der Waals surface area (Å²) in [4.78, 5) is 0. The number of benzene rings is 1. The van der Waals surface area contributed by atoms with E-state index in [4.69, 9.17) is 0 Å². The summed E-state index contributed by atoms with van der Waals surface area (Å²) in [6.07, 6.45) is 4.73. The molecule has 0 bridgehead atoms. The maximum absolute atomic E-state index is 3.78. The molecule has 0 radical (unpaired) electrons. The molecular weight excluding hydrogens is 250 g/mol. The van der Waals surface area contributed by atoms with Crippen molar-refractivity contribution in [1.29, 1.82) is 0 Å². The van der Waals surface area contributed by atoms with Gasteiger partial charge in [-0.1, -0.05) is 40.2 Å². The summed E-state index contributed by atoms with van der Waals surface area (Å²) in [6.45, 7) is 8.30. The molecule has 0 aliphatic rings. The molecule has 1 aromatic rings. The lowest BCUT2D eigenvalue weighted by molar-refractivity contribution is 0.575. The zero-order valence-corrected chi connectivity index (χ0v) is 10.3. The Morgan fingerprint density at radius 2 is 1.87 bits per heavy atom. The maximum Gasteiger partial charge on any atom is 0.0357 e. The fourth-order valence-electron chi connectivity index (χ4n) is 1.42. The predicted molar refractivity (Wildman–Crippen MR) is 69.9 cm³/mol. The smallest absolute Gasteiger partial charge is 0.0357 e. The van der Waals surface area contributed by atoms with Gasteiger partial charge in [-0.15, -0.1) is 13.2 Å². The van der Waals surface area contributed by atoms with Crippen LogP contribution in [0.25, 0.3) is 0 Å². The van der Waals surface area contributed by atoms with Gasteiger partial charge in [-0.25, -0.2) is 0 Å². The molecule has 1 unspecified atom stereocenters. The Labute approximate surface area is 100 Å². The molecule has 0 heterocycles. The molecule has 0 saturated carbocycles. The van der Waals surface area contributed by atoms with Crippen LogP contribution in [0.15, 0.2) is 54.0 Å². The number of nitrogens with one attached hydrogen (secondary N) is 1. The molecule has 1 aromatic carbocycles. The van der Waals surface area contributed by atoms with Crippen LogP contribution in [0.5, 0.6) is 0 Å². The van der Waals surface area contributed by atoms with Crippen LogP contribution in [0.3, 0.4) is 0 Å². The van der Waals surface area contributed by atoms with Gasteiger partial charge in [-0.3, -0.25) is 0 Å². The van der Waals surface area contributed by atoms with Gasteiger partial charge < -0.3 is 5.32 Å². The molecule has 0 aliphatic heterocycles. The molecule has 0 aliphatic carbocycles. The summed E-state index contributed by atoms with van der Waals surface area (Å²) in [5, 5.41) is 3.40. The molecule has 1 rings (SSSR count). The van der Waals surface area contributed by atoms with E-state index in [1.165, 1.54) is 5.56 Å². The minimum atomic E-state index is 0.327. The summed E-state index contributed by atoms with van der Waals surface area (Å²) in [5.74, 6) is 0. The Hall–Kier alpha value is -0.860. The number of rotatable bonds is 6. The lowest BCUT2D eigenvalue weighted by Crippen LogP contribution is -2.20. The molecule has 0 fully saturated rings. The van der Waals surface area contributed by atoms with Crippen molar-refractivity contribution in [3.63, 3.8) is 0 Å². The molecule has 0 saturated heterocycles. The molecular formula is C13H16BrN. The third-order valence-electron chi connectivity index (χ3n) is 2.18. The summed E-state index contributed by atoms with van der Waals surface area (Å²) in [7, 11) is 0. The Kier molecular flexibility index (Phi) is 5.37. The molecule has 1 N–H and O–H groups in total. The monoisotopic (exact) mass is 265 g/mol. The molecule has 15 heavy (non-hydrogen) atoms. The van der Waals surface area contributed by atoms with Crippen LogP contribution < -0.4 is 5.32 Å². The van der Waals surface area contributed by atoms with Crippen LogP contribution in [0, 0.1) is 0 Å². The lowest BCUT2D eigenvalue weighted by atomic mass is 10.0. The average Bonchev–Trinajstić information content (AvgIpc) is 2.25. The zero-order chi connectivity index (χ0) is 11.1. The minimum absolute atomic E-state index is 0.327. The van der Waals surface area contributed by atoms with Gasteiger partial charge in [0, 0.05) is 17.1 Å². The molecule has 1 atom stereocenters. The van der Waals surface area contributed by atoms with E-state index in [1.807, 2.05) is 12.2 Å². The van der Waals surface area contributed by atoms with Crippen molar-refractivity contribution in [2.24, 2.45) is 0 Å². The highest BCUT2D eigenvalue weighted by molar-refractivity contribution is 9.10. The standard InChI is InChI=1S/C13H16BrN/c1-3-5-13(15-10-4-2)11-6-8-12(14)9-7-11/h3-4,6-9,13,15H,1-2,5,10H2. The van der Waals surface area contributed by atoms with Crippen molar-refractivity contribution in [3.8, 4) is 0 Å². The highest BCUT2D eigenvalue weighted by atomic mass is 79.9. The highest BCUT2D eigenvalue weighted by Crippen LogP contribution is 2.19. The first kappa shape index (κ1) is 12.2. The van der Waals surface area contributed by atoms with Crippen molar-refractivity contribution in [1.82, 2.24) is 5.32 Å². The second-order valence-electron chi connectivity index (χ2n) is 3.33. The number of halogens is 1.